The lowest BCUT2D eigenvalue weighted by Gasteiger charge is -2.34. The molecule has 0 atom stereocenters. The Balaban J connectivity index is 1.45. The lowest BCUT2D eigenvalue weighted by molar-refractivity contribution is 0.249. The fraction of sp³-hybridized carbons (Fsp3) is 0.381. The fourth-order valence-corrected chi connectivity index (χ4v) is 4.70. The number of thiazole rings is 1. The summed E-state index contributed by atoms with van der Waals surface area (Å²) >= 11 is 7.96. The van der Waals surface area contributed by atoms with Crippen LogP contribution in [0.4, 0.5) is 5.13 Å². The molecule has 2 heterocycles. The van der Waals surface area contributed by atoms with Crippen molar-refractivity contribution in [3.63, 3.8) is 0 Å². The Hall–Kier alpha value is -1.82. The molecule has 0 N–H and O–H groups in total. The Morgan fingerprint density at radius 1 is 1.19 bits per heavy atom. The summed E-state index contributed by atoms with van der Waals surface area (Å²) in [5.74, 6) is 0.851. The molecule has 4 nitrogen and oxygen atoms in total. The van der Waals surface area contributed by atoms with Crippen LogP contribution in [0.25, 0.3) is 10.2 Å². The van der Waals surface area contributed by atoms with Gasteiger partial charge in [0.25, 0.3) is 0 Å². The van der Waals surface area contributed by atoms with Crippen molar-refractivity contribution in [3.8, 4) is 5.75 Å². The molecule has 1 saturated heterocycles. The normalized spacial score (nSPS) is 15.6. The summed E-state index contributed by atoms with van der Waals surface area (Å²) in [4.78, 5) is 9.58. The second-order valence-electron chi connectivity index (χ2n) is 7.19. The Morgan fingerprint density at radius 3 is 2.70 bits per heavy atom. The monoisotopic (exact) mass is 401 g/mol. The zero-order valence-electron chi connectivity index (χ0n) is 15.7. The maximum Gasteiger partial charge on any atom is 0.186 e. The van der Waals surface area contributed by atoms with E-state index in [-0.39, 0.29) is 0 Å². The highest BCUT2D eigenvalue weighted by molar-refractivity contribution is 7.22. The van der Waals surface area contributed by atoms with E-state index < -0.39 is 0 Å². The van der Waals surface area contributed by atoms with Crippen molar-refractivity contribution in [2.75, 3.05) is 32.1 Å². The molecule has 142 valence electrons. The third-order valence-electron chi connectivity index (χ3n) is 5.17. The average Bonchev–Trinajstić information content (AvgIpc) is 3.11. The van der Waals surface area contributed by atoms with Gasteiger partial charge in [0.2, 0.25) is 0 Å². The zero-order valence-corrected chi connectivity index (χ0v) is 17.3. The van der Waals surface area contributed by atoms with E-state index >= 15 is 0 Å². The second-order valence-corrected chi connectivity index (χ2v) is 8.60. The zero-order chi connectivity index (χ0) is 18.8. The first-order valence-corrected chi connectivity index (χ1v) is 10.5. The lowest BCUT2D eigenvalue weighted by atomic mass is 10.0. The molecule has 0 aliphatic carbocycles. The summed E-state index contributed by atoms with van der Waals surface area (Å²) < 4.78 is 7.11. The molecule has 3 aromatic rings. The smallest absolute Gasteiger partial charge is 0.186 e. The predicted octanol–water partition coefficient (Wildman–Crippen LogP) is 5.06. The summed E-state index contributed by atoms with van der Waals surface area (Å²) in [6.07, 6.45) is 2.38. The van der Waals surface area contributed by atoms with Crippen LogP contribution in [0.1, 0.15) is 18.4 Å². The molecule has 27 heavy (non-hydrogen) atoms. The molecular weight excluding hydrogens is 378 g/mol. The Morgan fingerprint density at radius 2 is 1.96 bits per heavy atom. The van der Waals surface area contributed by atoms with Crippen molar-refractivity contribution in [1.29, 1.82) is 0 Å². The standard InChI is InChI=1S/C21H24ClN3OS/c1-24(2)16-9-11-25(12-10-16)21-23-19-8-7-17(13-20(19)27-21)26-14-15-5-3-4-6-18(15)22/h3-8,13,16H,9-12,14H2,1-2H3. The number of benzene rings is 2. The second kappa shape index (κ2) is 8.05. The third kappa shape index (κ3) is 4.21. The SMILES string of the molecule is CN(C)C1CCN(c2nc3ccc(OCc4ccccc4Cl)cc3s2)CC1. The highest BCUT2D eigenvalue weighted by Gasteiger charge is 2.22. The van der Waals surface area contributed by atoms with Crippen LogP contribution in [0.15, 0.2) is 42.5 Å². The molecule has 0 spiro atoms. The van der Waals surface area contributed by atoms with E-state index in [1.165, 1.54) is 12.8 Å². The first-order valence-electron chi connectivity index (χ1n) is 9.28. The van der Waals surface area contributed by atoms with Crippen LogP contribution in [-0.2, 0) is 6.61 Å². The molecule has 4 rings (SSSR count). The first-order chi connectivity index (χ1) is 13.1. The molecule has 0 saturated carbocycles. The summed E-state index contributed by atoms with van der Waals surface area (Å²) in [7, 11) is 4.34. The van der Waals surface area contributed by atoms with Crippen molar-refractivity contribution in [2.45, 2.75) is 25.5 Å². The maximum atomic E-state index is 6.21. The molecule has 0 unspecified atom stereocenters. The highest BCUT2D eigenvalue weighted by Crippen LogP contribution is 2.33. The van der Waals surface area contributed by atoms with E-state index in [2.05, 4.69) is 30.0 Å². The Kier molecular flexibility index (Phi) is 5.53. The van der Waals surface area contributed by atoms with Gasteiger partial charge < -0.3 is 14.5 Å². The Bertz CT molecular complexity index is 919. The van der Waals surface area contributed by atoms with E-state index in [1.54, 1.807) is 11.3 Å². The van der Waals surface area contributed by atoms with E-state index in [9.17, 15) is 0 Å². The number of fused-ring (bicyclic) bond motifs is 1. The van der Waals surface area contributed by atoms with Gasteiger partial charge in [0.15, 0.2) is 5.13 Å². The molecule has 1 aromatic heterocycles. The van der Waals surface area contributed by atoms with Gasteiger partial charge in [-0.15, -0.1) is 0 Å². The van der Waals surface area contributed by atoms with Crippen molar-refractivity contribution < 1.29 is 4.74 Å². The number of ether oxygens (including phenoxy) is 1. The highest BCUT2D eigenvalue weighted by atomic mass is 35.5. The van der Waals surface area contributed by atoms with Crippen LogP contribution in [0.2, 0.25) is 5.02 Å². The van der Waals surface area contributed by atoms with Crippen LogP contribution in [0.3, 0.4) is 0 Å². The molecule has 1 fully saturated rings. The van der Waals surface area contributed by atoms with Crippen LogP contribution < -0.4 is 9.64 Å². The quantitative estimate of drug-likeness (QED) is 0.597. The van der Waals surface area contributed by atoms with Crippen LogP contribution in [-0.4, -0.2) is 43.1 Å². The number of anilines is 1. The van der Waals surface area contributed by atoms with Gasteiger partial charge in [0.1, 0.15) is 12.4 Å². The Labute approximate surface area is 169 Å². The van der Waals surface area contributed by atoms with Gasteiger partial charge >= 0.3 is 0 Å². The molecule has 1 aliphatic heterocycles. The van der Waals surface area contributed by atoms with Crippen molar-refractivity contribution in [1.82, 2.24) is 9.88 Å². The van der Waals surface area contributed by atoms with Gasteiger partial charge in [-0.3, -0.25) is 0 Å². The van der Waals surface area contributed by atoms with Crippen LogP contribution in [0, 0.1) is 0 Å². The minimum absolute atomic E-state index is 0.467. The summed E-state index contributed by atoms with van der Waals surface area (Å²) in [5, 5.41) is 1.85. The number of nitrogens with zero attached hydrogens (tertiary/aromatic N) is 3. The van der Waals surface area contributed by atoms with Gasteiger partial charge in [-0.1, -0.05) is 41.1 Å². The van der Waals surface area contributed by atoms with Crippen molar-refractivity contribution >= 4 is 38.3 Å². The number of hydrogen-bond acceptors (Lipinski definition) is 5. The minimum Gasteiger partial charge on any atom is -0.489 e. The number of piperidine rings is 1. The van der Waals surface area contributed by atoms with E-state index in [0.717, 1.165) is 44.8 Å². The lowest BCUT2D eigenvalue weighted by Crippen LogP contribution is -2.41. The van der Waals surface area contributed by atoms with E-state index in [4.69, 9.17) is 21.3 Å². The van der Waals surface area contributed by atoms with Gasteiger partial charge in [-0.2, -0.15) is 0 Å². The average molecular weight is 402 g/mol. The largest absolute Gasteiger partial charge is 0.489 e. The molecule has 0 amide bonds. The van der Waals surface area contributed by atoms with Crippen LogP contribution in [0.5, 0.6) is 5.75 Å². The molecule has 6 heteroatoms. The predicted molar refractivity (Wildman–Crippen MR) is 114 cm³/mol. The van der Waals surface area contributed by atoms with Crippen molar-refractivity contribution in [2.24, 2.45) is 0 Å². The summed E-state index contributed by atoms with van der Waals surface area (Å²) in [6, 6.07) is 14.6. The first kappa shape index (κ1) is 18.5. The number of aromatic nitrogens is 1. The fourth-order valence-electron chi connectivity index (χ4n) is 3.47. The third-order valence-corrected chi connectivity index (χ3v) is 6.61. The molecule has 1 aliphatic rings. The van der Waals surface area contributed by atoms with Crippen molar-refractivity contribution in [3.05, 3.63) is 53.1 Å². The molecule has 2 aromatic carbocycles. The molecule has 0 bridgehead atoms. The molecular formula is C21H24ClN3OS. The van der Waals surface area contributed by atoms with Gasteiger partial charge in [0, 0.05) is 29.7 Å². The summed E-state index contributed by atoms with van der Waals surface area (Å²) in [5.41, 5.74) is 2.03. The molecule has 0 radical (unpaired) electrons. The van der Waals surface area contributed by atoms with Gasteiger partial charge in [-0.25, -0.2) is 4.98 Å². The van der Waals surface area contributed by atoms with E-state index in [0.29, 0.717) is 12.6 Å². The maximum absolute atomic E-state index is 6.21. The van der Waals surface area contributed by atoms with Gasteiger partial charge in [0.05, 0.1) is 10.2 Å². The van der Waals surface area contributed by atoms with Gasteiger partial charge in [-0.05, 0) is 51.2 Å². The topological polar surface area (TPSA) is 28.6 Å². The van der Waals surface area contributed by atoms with E-state index in [1.807, 2.05) is 36.4 Å². The number of halogens is 1. The number of hydrogen-bond donors (Lipinski definition) is 0. The number of rotatable bonds is 5. The minimum atomic E-state index is 0.467. The summed E-state index contributed by atoms with van der Waals surface area (Å²) in [6.45, 7) is 2.60. The van der Waals surface area contributed by atoms with Crippen LogP contribution >= 0.6 is 22.9 Å².